The van der Waals surface area contributed by atoms with Gasteiger partial charge in [-0.3, -0.25) is 0 Å². The number of benzene rings is 2. The second-order valence-corrected chi connectivity index (χ2v) is 3.49. The standard InChI is InChI=1S/C13H9N.BH2O2/c1-3-7-12-10(5-1)9-11-6-2-4-8-13(11)14-12;2-1-3/h1-9H;2-3H. The lowest BCUT2D eigenvalue weighted by Crippen LogP contribution is -1.80. The minimum Gasteiger partial charge on any atom is -0.429 e. The van der Waals surface area contributed by atoms with Crippen LogP contribution in [0.3, 0.4) is 0 Å². The third kappa shape index (κ3) is 2.61. The van der Waals surface area contributed by atoms with Gasteiger partial charge >= 0.3 is 7.69 Å². The van der Waals surface area contributed by atoms with Gasteiger partial charge in [0.05, 0.1) is 11.0 Å². The van der Waals surface area contributed by atoms with E-state index in [2.05, 4.69) is 23.2 Å². The first-order valence-electron chi connectivity index (χ1n) is 5.20. The molecule has 0 bridgehead atoms. The van der Waals surface area contributed by atoms with Crippen LogP contribution in [0.15, 0.2) is 54.6 Å². The van der Waals surface area contributed by atoms with Gasteiger partial charge in [-0.1, -0.05) is 36.4 Å². The van der Waals surface area contributed by atoms with Crippen LogP contribution in [0, 0.1) is 0 Å². The van der Waals surface area contributed by atoms with Crippen molar-refractivity contribution < 1.29 is 10.0 Å². The maximum Gasteiger partial charge on any atom is 0.482 e. The van der Waals surface area contributed by atoms with E-state index >= 15 is 0 Å². The Bertz CT molecular complexity index is 523. The first kappa shape index (κ1) is 11.6. The molecular weight excluding hydrogens is 213 g/mol. The van der Waals surface area contributed by atoms with E-state index in [9.17, 15) is 0 Å². The Balaban J connectivity index is 0.000000329. The minimum atomic E-state index is 0. The Hall–Kier alpha value is -1.91. The summed E-state index contributed by atoms with van der Waals surface area (Å²) in [5.74, 6) is 0. The maximum absolute atomic E-state index is 7.00. The first-order valence-corrected chi connectivity index (χ1v) is 5.20. The number of para-hydroxylation sites is 2. The Morgan fingerprint density at radius 1 is 0.765 bits per heavy atom. The van der Waals surface area contributed by atoms with E-state index in [4.69, 9.17) is 10.0 Å². The van der Waals surface area contributed by atoms with Crippen molar-refractivity contribution in [2.45, 2.75) is 0 Å². The smallest absolute Gasteiger partial charge is 0.429 e. The highest BCUT2D eigenvalue weighted by atomic mass is 16.4. The number of nitrogens with zero attached hydrogens (tertiary/aromatic N) is 1. The van der Waals surface area contributed by atoms with Gasteiger partial charge in [-0.05, 0) is 18.2 Å². The highest BCUT2D eigenvalue weighted by Crippen LogP contribution is 2.18. The molecule has 2 N–H and O–H groups in total. The van der Waals surface area contributed by atoms with E-state index in [0.29, 0.717) is 0 Å². The molecule has 3 nitrogen and oxygen atoms in total. The van der Waals surface area contributed by atoms with Gasteiger partial charge in [0.2, 0.25) is 0 Å². The van der Waals surface area contributed by atoms with Crippen molar-refractivity contribution in [2.75, 3.05) is 0 Å². The van der Waals surface area contributed by atoms with Crippen LogP contribution in [0.1, 0.15) is 0 Å². The molecule has 0 saturated carbocycles. The fourth-order valence-electron chi connectivity index (χ4n) is 1.72. The number of aromatic nitrogens is 1. The number of pyridine rings is 1. The van der Waals surface area contributed by atoms with Gasteiger partial charge < -0.3 is 10.0 Å². The topological polar surface area (TPSA) is 53.4 Å². The second-order valence-electron chi connectivity index (χ2n) is 3.49. The van der Waals surface area contributed by atoms with E-state index in [0.717, 1.165) is 11.0 Å². The molecule has 2 aromatic carbocycles. The molecule has 83 valence electrons. The van der Waals surface area contributed by atoms with Crippen LogP contribution >= 0.6 is 0 Å². The highest BCUT2D eigenvalue weighted by molar-refractivity contribution is 6.13. The molecule has 3 rings (SSSR count). The van der Waals surface area contributed by atoms with Crippen LogP contribution in [0.5, 0.6) is 0 Å². The molecule has 1 aromatic heterocycles. The number of fused-ring (bicyclic) bond motifs is 2. The second kappa shape index (κ2) is 5.43. The molecule has 0 aliphatic rings. The zero-order valence-electron chi connectivity index (χ0n) is 9.12. The Kier molecular flexibility index (Phi) is 3.70. The van der Waals surface area contributed by atoms with E-state index in [-0.39, 0.29) is 7.69 Å². The molecule has 0 aliphatic heterocycles. The molecule has 1 radical (unpaired) electrons. The quantitative estimate of drug-likeness (QED) is 0.452. The van der Waals surface area contributed by atoms with Crippen molar-refractivity contribution in [3.63, 3.8) is 0 Å². The molecule has 0 atom stereocenters. The van der Waals surface area contributed by atoms with Crippen LogP contribution in [0.4, 0.5) is 0 Å². The van der Waals surface area contributed by atoms with Gasteiger partial charge in [-0.2, -0.15) is 0 Å². The number of hydrogen-bond donors (Lipinski definition) is 2. The zero-order chi connectivity index (χ0) is 12.1. The monoisotopic (exact) mass is 224 g/mol. The van der Waals surface area contributed by atoms with Gasteiger partial charge in [0.1, 0.15) is 0 Å². The molecule has 1 heterocycles. The van der Waals surface area contributed by atoms with Gasteiger partial charge in [-0.25, -0.2) is 4.98 Å². The fourth-order valence-corrected chi connectivity index (χ4v) is 1.72. The lowest BCUT2D eigenvalue weighted by atomic mass is 10.1. The maximum atomic E-state index is 7.00. The van der Waals surface area contributed by atoms with Crippen molar-refractivity contribution in [1.82, 2.24) is 4.98 Å². The van der Waals surface area contributed by atoms with Crippen molar-refractivity contribution in [3.05, 3.63) is 54.6 Å². The molecular formula is C13H11BNO2. The van der Waals surface area contributed by atoms with Crippen molar-refractivity contribution >= 4 is 29.5 Å². The molecule has 0 fully saturated rings. The van der Waals surface area contributed by atoms with Gasteiger partial charge in [-0.15, -0.1) is 0 Å². The molecule has 17 heavy (non-hydrogen) atoms. The molecule has 0 spiro atoms. The van der Waals surface area contributed by atoms with Crippen LogP contribution in [0.25, 0.3) is 21.8 Å². The summed E-state index contributed by atoms with van der Waals surface area (Å²) in [6.45, 7) is 0. The van der Waals surface area contributed by atoms with E-state index < -0.39 is 0 Å². The molecule has 0 aliphatic carbocycles. The van der Waals surface area contributed by atoms with Crippen LogP contribution in [-0.2, 0) is 0 Å². The third-order valence-corrected chi connectivity index (χ3v) is 2.43. The summed E-state index contributed by atoms with van der Waals surface area (Å²) in [6, 6.07) is 18.6. The van der Waals surface area contributed by atoms with Crippen molar-refractivity contribution in [1.29, 1.82) is 0 Å². The molecule has 0 unspecified atom stereocenters. The average Bonchev–Trinajstić information content (AvgIpc) is 2.37. The summed E-state index contributed by atoms with van der Waals surface area (Å²) in [5, 5.41) is 16.4. The van der Waals surface area contributed by atoms with E-state index in [1.807, 2.05) is 36.4 Å². The molecule has 3 aromatic rings. The summed E-state index contributed by atoms with van der Waals surface area (Å²) in [6.07, 6.45) is 0. The summed E-state index contributed by atoms with van der Waals surface area (Å²) < 4.78 is 0. The molecule has 4 heteroatoms. The highest BCUT2D eigenvalue weighted by Gasteiger charge is 1.96. The largest absolute Gasteiger partial charge is 0.482 e. The SMILES string of the molecule is O[B]O.c1ccc2nc3ccccc3cc2c1. The van der Waals surface area contributed by atoms with Crippen molar-refractivity contribution in [2.24, 2.45) is 0 Å². The summed E-state index contributed by atoms with van der Waals surface area (Å²) in [5.41, 5.74) is 2.12. The van der Waals surface area contributed by atoms with Crippen molar-refractivity contribution in [3.8, 4) is 0 Å². The van der Waals surface area contributed by atoms with Gasteiger partial charge in [0.25, 0.3) is 0 Å². The lowest BCUT2D eigenvalue weighted by Gasteiger charge is -1.99. The Morgan fingerprint density at radius 3 is 1.65 bits per heavy atom. The lowest BCUT2D eigenvalue weighted by molar-refractivity contribution is 0.448. The Labute approximate surface area is 99.7 Å². The van der Waals surface area contributed by atoms with Crippen LogP contribution < -0.4 is 0 Å². The zero-order valence-corrected chi connectivity index (χ0v) is 9.12. The number of hydrogen-bond acceptors (Lipinski definition) is 3. The summed E-state index contributed by atoms with van der Waals surface area (Å²) in [4.78, 5) is 4.58. The molecule has 0 saturated heterocycles. The minimum absolute atomic E-state index is 0. The van der Waals surface area contributed by atoms with E-state index in [1.54, 1.807) is 0 Å². The normalized spacial score (nSPS) is 9.76. The van der Waals surface area contributed by atoms with Crippen LogP contribution in [-0.4, -0.2) is 22.7 Å². The summed E-state index contributed by atoms with van der Waals surface area (Å²) in [7, 11) is 0. The predicted molar refractivity (Wildman–Crippen MR) is 69.4 cm³/mol. The fraction of sp³-hybridized carbons (Fsp3) is 0. The Morgan fingerprint density at radius 2 is 1.18 bits per heavy atom. The predicted octanol–water partition coefficient (Wildman–Crippen LogP) is 1.89. The van der Waals surface area contributed by atoms with Gasteiger partial charge in [0, 0.05) is 10.8 Å². The van der Waals surface area contributed by atoms with E-state index in [1.165, 1.54) is 10.8 Å². The summed E-state index contributed by atoms with van der Waals surface area (Å²) >= 11 is 0. The van der Waals surface area contributed by atoms with Crippen LogP contribution in [0.2, 0.25) is 0 Å². The number of rotatable bonds is 0. The average molecular weight is 224 g/mol. The first-order chi connectivity index (χ1) is 8.35. The third-order valence-electron chi connectivity index (χ3n) is 2.43. The molecule has 0 amide bonds. The van der Waals surface area contributed by atoms with Gasteiger partial charge in [0.15, 0.2) is 0 Å².